The van der Waals surface area contributed by atoms with Crippen LogP contribution in [-0.2, 0) is 4.79 Å². The third-order valence-electron chi connectivity index (χ3n) is 9.08. The number of ether oxygens (including phenoxy) is 1. The second-order valence-electron chi connectivity index (χ2n) is 11.2. The summed E-state index contributed by atoms with van der Waals surface area (Å²) in [4.78, 5) is 13.6. The van der Waals surface area contributed by atoms with Gasteiger partial charge in [0.15, 0.2) is 0 Å². The highest BCUT2D eigenvalue weighted by Crippen LogP contribution is 2.44. The quantitative estimate of drug-likeness (QED) is 0.440. The molecule has 2 heterocycles. The fourth-order valence-electron chi connectivity index (χ4n) is 6.67. The maximum Gasteiger partial charge on any atom is 0.232 e. The van der Waals surface area contributed by atoms with Gasteiger partial charge >= 0.3 is 0 Å². The number of para-hydroxylation sites is 2. The molecule has 1 atom stereocenters. The number of piperidine rings is 1. The first-order chi connectivity index (χ1) is 16.5. The highest BCUT2D eigenvalue weighted by atomic mass is 127. The van der Waals surface area contributed by atoms with Crippen molar-refractivity contribution in [3.8, 4) is 11.5 Å². The number of rotatable bonds is 4. The van der Waals surface area contributed by atoms with Crippen LogP contribution in [0.15, 0.2) is 48.5 Å². The highest BCUT2D eigenvalue weighted by molar-refractivity contribution is 5.89. The zero-order valence-corrected chi connectivity index (χ0v) is 23.5. The van der Waals surface area contributed by atoms with Gasteiger partial charge in [-0.05, 0) is 31.9 Å². The summed E-state index contributed by atoms with van der Waals surface area (Å²) in [5.74, 6) is 2.24. The Balaban J connectivity index is 0.00000289. The summed E-state index contributed by atoms with van der Waals surface area (Å²) in [7, 11) is 2.46. The van der Waals surface area contributed by atoms with Crippen molar-refractivity contribution in [2.45, 2.75) is 82.7 Å². The van der Waals surface area contributed by atoms with E-state index < -0.39 is 0 Å². The van der Waals surface area contributed by atoms with Crippen LogP contribution in [0.4, 0.5) is 0 Å². The Morgan fingerprint density at radius 2 is 1.37 bits per heavy atom. The second kappa shape index (κ2) is 11.6. The monoisotopic (exact) mass is 588 g/mol. The van der Waals surface area contributed by atoms with Gasteiger partial charge < -0.3 is 38.5 Å². The molecule has 35 heavy (non-hydrogen) atoms. The topological polar surface area (TPSA) is 38.3 Å². The van der Waals surface area contributed by atoms with Crippen LogP contribution in [0.2, 0.25) is 0 Å². The van der Waals surface area contributed by atoms with Crippen molar-refractivity contribution < 1.29 is 38.0 Å². The molecule has 190 valence electrons. The van der Waals surface area contributed by atoms with Crippen molar-refractivity contribution in [1.29, 1.82) is 0 Å². The molecule has 1 unspecified atom stereocenters. The van der Waals surface area contributed by atoms with Gasteiger partial charge in [-0.3, -0.25) is 4.79 Å². The highest BCUT2D eigenvalue weighted by Gasteiger charge is 2.40. The molecule has 5 heteroatoms. The van der Waals surface area contributed by atoms with Crippen molar-refractivity contribution in [3.05, 3.63) is 59.7 Å². The number of benzene rings is 2. The minimum Gasteiger partial charge on any atom is -1.00 e. The largest absolute Gasteiger partial charge is 1.00 e. The average Bonchev–Trinajstić information content (AvgIpc) is 2.83. The minimum atomic E-state index is -0.308. The van der Waals surface area contributed by atoms with E-state index in [1.165, 1.54) is 49.4 Å². The Kier molecular flexibility index (Phi) is 8.80. The molecule has 0 radical (unpaired) electrons. The van der Waals surface area contributed by atoms with Crippen LogP contribution in [0.5, 0.6) is 11.5 Å². The Morgan fingerprint density at radius 1 is 0.857 bits per heavy atom. The van der Waals surface area contributed by atoms with Crippen LogP contribution >= 0.6 is 0 Å². The van der Waals surface area contributed by atoms with Crippen molar-refractivity contribution >= 4 is 5.91 Å². The zero-order chi connectivity index (χ0) is 23.5. The van der Waals surface area contributed by atoms with Gasteiger partial charge in [-0.15, -0.1) is 0 Å². The number of fused-ring (bicyclic) bond motifs is 2. The van der Waals surface area contributed by atoms with E-state index in [1.807, 2.05) is 48.5 Å². The Bertz CT molecular complexity index is 948. The summed E-state index contributed by atoms with van der Waals surface area (Å²) >= 11 is 0. The standard InChI is InChI=1S/C30H40N2O2.HI/c1-22(23-12-6-4-3-5-7-13-23)32(2)20-18-24(19-21-32)31-30(33)29-25-14-8-10-16-27(25)34-28-17-11-9-15-26(28)29;/h8-11,14-17,22-24,29H,3-7,12-13,18-21H2,1-2H3;1H. The summed E-state index contributed by atoms with van der Waals surface area (Å²) in [5.41, 5.74) is 1.93. The molecule has 1 N–H and O–H groups in total. The molecule has 2 aliphatic heterocycles. The lowest BCUT2D eigenvalue weighted by Gasteiger charge is -2.48. The van der Waals surface area contributed by atoms with Crippen molar-refractivity contribution in [3.63, 3.8) is 0 Å². The van der Waals surface area contributed by atoms with Crippen molar-refractivity contribution in [1.82, 2.24) is 5.32 Å². The number of nitrogens with one attached hydrogen (secondary N) is 1. The second-order valence-corrected chi connectivity index (χ2v) is 11.2. The number of halogens is 1. The lowest BCUT2D eigenvalue weighted by atomic mass is 9.83. The van der Waals surface area contributed by atoms with Crippen LogP contribution in [0.1, 0.15) is 81.8 Å². The number of hydrogen-bond acceptors (Lipinski definition) is 2. The fourth-order valence-corrected chi connectivity index (χ4v) is 6.67. The van der Waals surface area contributed by atoms with Gasteiger partial charge in [0.2, 0.25) is 5.91 Å². The predicted molar refractivity (Wildman–Crippen MR) is 137 cm³/mol. The first kappa shape index (κ1) is 26.5. The minimum absolute atomic E-state index is 0. The van der Waals surface area contributed by atoms with Crippen LogP contribution < -0.4 is 34.0 Å². The van der Waals surface area contributed by atoms with Crippen LogP contribution in [0.25, 0.3) is 0 Å². The van der Waals surface area contributed by atoms with Gasteiger partial charge in [0.05, 0.1) is 32.1 Å². The smallest absolute Gasteiger partial charge is 0.232 e. The summed E-state index contributed by atoms with van der Waals surface area (Å²) < 4.78 is 7.26. The normalized spacial score (nSPS) is 26.1. The van der Waals surface area contributed by atoms with Crippen LogP contribution in [0, 0.1) is 5.92 Å². The molecule has 2 fully saturated rings. The molecule has 1 amide bonds. The molecule has 0 bridgehead atoms. The predicted octanol–water partition coefficient (Wildman–Crippen LogP) is 3.40. The van der Waals surface area contributed by atoms with E-state index in [4.69, 9.17) is 4.74 Å². The Morgan fingerprint density at radius 3 is 1.94 bits per heavy atom. The van der Waals surface area contributed by atoms with E-state index in [2.05, 4.69) is 19.3 Å². The third kappa shape index (κ3) is 5.71. The zero-order valence-electron chi connectivity index (χ0n) is 21.3. The van der Waals surface area contributed by atoms with E-state index in [1.54, 1.807) is 0 Å². The summed E-state index contributed by atoms with van der Waals surface area (Å²) in [6.45, 7) is 4.81. The van der Waals surface area contributed by atoms with Crippen molar-refractivity contribution in [2.75, 3.05) is 20.1 Å². The van der Waals surface area contributed by atoms with Gasteiger partial charge in [0, 0.05) is 35.9 Å². The average molecular weight is 589 g/mol. The number of carbonyl (C=O) groups is 1. The molecule has 3 aliphatic rings. The number of nitrogens with zero attached hydrogens (tertiary/aromatic N) is 1. The van der Waals surface area contributed by atoms with Gasteiger partial charge in [-0.25, -0.2) is 0 Å². The molecule has 1 saturated carbocycles. The maximum absolute atomic E-state index is 13.6. The molecule has 2 aromatic carbocycles. The molecular formula is C30H41IN2O2. The Labute approximate surface area is 228 Å². The first-order valence-corrected chi connectivity index (χ1v) is 13.6. The van der Waals surface area contributed by atoms with Gasteiger partial charge in [0.25, 0.3) is 0 Å². The van der Waals surface area contributed by atoms with E-state index >= 15 is 0 Å². The van der Waals surface area contributed by atoms with E-state index in [0.717, 1.165) is 54.5 Å². The summed E-state index contributed by atoms with van der Waals surface area (Å²) in [5, 5.41) is 3.44. The number of likely N-dealkylation sites (tertiary alicyclic amines) is 1. The summed E-state index contributed by atoms with van der Waals surface area (Å²) in [6, 6.07) is 16.9. The van der Waals surface area contributed by atoms with Gasteiger partial charge in [0.1, 0.15) is 11.5 Å². The van der Waals surface area contributed by atoms with Gasteiger partial charge in [-0.1, -0.05) is 68.5 Å². The van der Waals surface area contributed by atoms with Crippen LogP contribution in [-0.4, -0.2) is 42.6 Å². The third-order valence-corrected chi connectivity index (χ3v) is 9.08. The maximum atomic E-state index is 13.6. The molecule has 1 saturated heterocycles. The lowest BCUT2D eigenvalue weighted by Crippen LogP contribution is -3.00. The Hall–Kier alpha value is -1.60. The lowest BCUT2D eigenvalue weighted by molar-refractivity contribution is -0.940. The number of hydrogen-bond donors (Lipinski definition) is 1. The molecule has 2 aromatic rings. The SMILES string of the molecule is CC(C1CCCCCCC1)[N+]1(C)CCC(NC(=O)C2c3ccccc3Oc3ccccc32)CC1.[I-]. The van der Waals surface area contributed by atoms with Crippen molar-refractivity contribution in [2.24, 2.45) is 5.92 Å². The molecular weight excluding hydrogens is 547 g/mol. The molecule has 0 aromatic heterocycles. The molecule has 4 nitrogen and oxygen atoms in total. The first-order valence-electron chi connectivity index (χ1n) is 13.6. The van der Waals surface area contributed by atoms with Crippen LogP contribution in [0.3, 0.4) is 0 Å². The number of quaternary nitrogens is 1. The fraction of sp³-hybridized carbons (Fsp3) is 0.567. The van der Waals surface area contributed by atoms with E-state index in [0.29, 0.717) is 6.04 Å². The number of carbonyl (C=O) groups excluding carboxylic acids is 1. The molecule has 5 rings (SSSR count). The van der Waals surface area contributed by atoms with E-state index in [-0.39, 0.29) is 41.8 Å². The molecule has 0 spiro atoms. The molecule has 1 aliphatic carbocycles. The van der Waals surface area contributed by atoms with E-state index in [9.17, 15) is 4.79 Å². The van der Waals surface area contributed by atoms with Gasteiger partial charge in [-0.2, -0.15) is 0 Å². The summed E-state index contributed by atoms with van der Waals surface area (Å²) in [6.07, 6.45) is 12.0. The number of amides is 1.